The molecule has 0 amide bonds. The van der Waals surface area contributed by atoms with Crippen LogP contribution in [-0.4, -0.2) is 20.5 Å². The van der Waals surface area contributed by atoms with Crippen LogP contribution in [0.15, 0.2) is 21.6 Å². The molecule has 1 unspecified atom stereocenters. The molecule has 0 spiro atoms. The minimum Gasteiger partial charge on any atom is -0.447 e. The molecule has 0 fully saturated rings. The van der Waals surface area contributed by atoms with Gasteiger partial charge in [-0.25, -0.2) is 13.1 Å². The van der Waals surface area contributed by atoms with Gasteiger partial charge in [-0.2, -0.15) is 0 Å². The topological polar surface area (TPSA) is 71.3 Å². The van der Waals surface area contributed by atoms with Crippen molar-refractivity contribution in [1.82, 2.24) is 10.0 Å². The molecule has 1 aromatic heterocycles. The maximum atomic E-state index is 12.2. The highest BCUT2D eigenvalue weighted by molar-refractivity contribution is 7.89. The average molecular weight is 302 g/mol. The van der Waals surface area contributed by atoms with E-state index in [9.17, 15) is 8.42 Å². The second-order valence-corrected chi connectivity index (χ2v) is 6.92. The van der Waals surface area contributed by atoms with Crippen molar-refractivity contribution in [3.63, 3.8) is 0 Å². The van der Waals surface area contributed by atoms with Crippen molar-refractivity contribution in [1.29, 1.82) is 0 Å². The van der Waals surface area contributed by atoms with Crippen LogP contribution in [0.2, 0.25) is 0 Å². The van der Waals surface area contributed by atoms with Gasteiger partial charge in [0, 0.05) is 12.1 Å². The third-order valence-electron chi connectivity index (χ3n) is 3.04. The van der Waals surface area contributed by atoms with E-state index in [0.717, 1.165) is 19.3 Å². The SMILES string of the molecule is CCCC(CC)NS(=O)(=O)c1ccc(CNC(C)C)o1. The Balaban J connectivity index is 2.72. The maximum Gasteiger partial charge on any atom is 0.274 e. The molecular formula is C14H26N2O3S. The Kier molecular flexibility index (Phi) is 6.71. The molecule has 0 saturated carbocycles. The number of nitrogens with one attached hydrogen (secondary N) is 2. The van der Waals surface area contributed by atoms with Crippen LogP contribution in [0.25, 0.3) is 0 Å². The van der Waals surface area contributed by atoms with Crippen LogP contribution in [0, 0.1) is 0 Å². The van der Waals surface area contributed by atoms with Gasteiger partial charge in [-0.1, -0.05) is 34.1 Å². The molecule has 5 nitrogen and oxygen atoms in total. The minimum absolute atomic E-state index is 0.00684. The first-order valence-electron chi connectivity index (χ1n) is 7.23. The Bertz CT molecular complexity index is 494. The summed E-state index contributed by atoms with van der Waals surface area (Å²) in [7, 11) is -3.56. The first-order chi connectivity index (χ1) is 9.39. The number of rotatable bonds is 9. The van der Waals surface area contributed by atoms with Gasteiger partial charge < -0.3 is 9.73 Å². The maximum absolute atomic E-state index is 12.2. The van der Waals surface area contributed by atoms with E-state index in [-0.39, 0.29) is 11.1 Å². The van der Waals surface area contributed by atoms with E-state index in [1.54, 1.807) is 6.07 Å². The van der Waals surface area contributed by atoms with Gasteiger partial charge in [0.25, 0.3) is 10.0 Å². The number of furan rings is 1. The lowest BCUT2D eigenvalue weighted by Gasteiger charge is -2.14. The molecule has 2 N–H and O–H groups in total. The summed E-state index contributed by atoms with van der Waals surface area (Å²) < 4.78 is 32.5. The van der Waals surface area contributed by atoms with E-state index < -0.39 is 10.0 Å². The molecule has 6 heteroatoms. The molecule has 0 radical (unpaired) electrons. The lowest BCUT2D eigenvalue weighted by molar-refractivity contribution is 0.389. The second kappa shape index (κ2) is 7.81. The molecule has 0 saturated heterocycles. The zero-order valence-electron chi connectivity index (χ0n) is 12.8. The molecule has 0 aromatic carbocycles. The van der Waals surface area contributed by atoms with Gasteiger partial charge in [0.15, 0.2) is 0 Å². The highest BCUT2D eigenvalue weighted by Gasteiger charge is 2.22. The van der Waals surface area contributed by atoms with Gasteiger partial charge >= 0.3 is 0 Å². The minimum atomic E-state index is -3.56. The van der Waals surface area contributed by atoms with Gasteiger partial charge in [0.2, 0.25) is 5.09 Å². The van der Waals surface area contributed by atoms with E-state index in [2.05, 4.69) is 10.0 Å². The first kappa shape index (κ1) is 17.2. The van der Waals surface area contributed by atoms with Crippen LogP contribution in [0.3, 0.4) is 0 Å². The van der Waals surface area contributed by atoms with Crippen LogP contribution in [-0.2, 0) is 16.6 Å². The fourth-order valence-electron chi connectivity index (χ4n) is 1.87. The molecule has 116 valence electrons. The Morgan fingerprint density at radius 3 is 2.50 bits per heavy atom. The smallest absolute Gasteiger partial charge is 0.274 e. The average Bonchev–Trinajstić information content (AvgIpc) is 2.85. The van der Waals surface area contributed by atoms with Crippen molar-refractivity contribution in [2.45, 2.75) is 70.7 Å². The third kappa shape index (κ3) is 5.26. The predicted molar refractivity (Wildman–Crippen MR) is 80.0 cm³/mol. The summed E-state index contributed by atoms with van der Waals surface area (Å²) in [5.74, 6) is 0.627. The lowest BCUT2D eigenvalue weighted by atomic mass is 10.1. The summed E-state index contributed by atoms with van der Waals surface area (Å²) in [6, 6.07) is 3.50. The molecule has 1 rings (SSSR count). The normalized spacial score (nSPS) is 13.8. The van der Waals surface area contributed by atoms with Gasteiger partial charge in [-0.05, 0) is 25.0 Å². The van der Waals surface area contributed by atoms with Crippen LogP contribution >= 0.6 is 0 Å². The number of hydrogen-bond acceptors (Lipinski definition) is 4. The van der Waals surface area contributed by atoms with Gasteiger partial charge in [-0.15, -0.1) is 0 Å². The summed E-state index contributed by atoms with van der Waals surface area (Å²) in [5.41, 5.74) is 0. The van der Waals surface area contributed by atoms with Crippen molar-refractivity contribution >= 4 is 10.0 Å². The summed E-state index contributed by atoms with van der Waals surface area (Å²) in [6.45, 7) is 8.60. The molecule has 0 bridgehead atoms. The summed E-state index contributed by atoms with van der Waals surface area (Å²) in [5, 5.41) is 3.18. The van der Waals surface area contributed by atoms with Crippen molar-refractivity contribution < 1.29 is 12.8 Å². The van der Waals surface area contributed by atoms with E-state index in [1.165, 1.54) is 6.07 Å². The lowest BCUT2D eigenvalue weighted by Crippen LogP contribution is -2.34. The van der Waals surface area contributed by atoms with E-state index in [4.69, 9.17) is 4.42 Å². The first-order valence-corrected chi connectivity index (χ1v) is 8.71. The summed E-state index contributed by atoms with van der Waals surface area (Å²) in [6.07, 6.45) is 2.55. The molecule has 20 heavy (non-hydrogen) atoms. The van der Waals surface area contributed by atoms with Crippen LogP contribution in [0.5, 0.6) is 0 Å². The Morgan fingerprint density at radius 1 is 1.25 bits per heavy atom. The Labute approximate surface area is 122 Å². The van der Waals surface area contributed by atoms with E-state index >= 15 is 0 Å². The van der Waals surface area contributed by atoms with Crippen molar-refractivity contribution in [3.8, 4) is 0 Å². The van der Waals surface area contributed by atoms with Gasteiger partial charge in [0.1, 0.15) is 5.76 Å². The Hall–Kier alpha value is -0.850. The highest BCUT2D eigenvalue weighted by atomic mass is 32.2. The van der Waals surface area contributed by atoms with Gasteiger partial charge in [0.05, 0.1) is 6.54 Å². The monoisotopic (exact) mass is 302 g/mol. The largest absolute Gasteiger partial charge is 0.447 e. The van der Waals surface area contributed by atoms with Crippen LogP contribution < -0.4 is 10.0 Å². The fourth-order valence-corrected chi connectivity index (χ4v) is 3.18. The fraction of sp³-hybridized carbons (Fsp3) is 0.714. The molecule has 0 aliphatic carbocycles. The Morgan fingerprint density at radius 2 is 1.95 bits per heavy atom. The zero-order valence-corrected chi connectivity index (χ0v) is 13.6. The standard InChI is InChI=1S/C14H26N2O3S/c1-5-7-12(6-2)16-20(17,18)14-9-8-13(19-14)10-15-11(3)4/h8-9,11-12,15-16H,5-7,10H2,1-4H3. The number of hydrogen-bond donors (Lipinski definition) is 2. The second-order valence-electron chi connectivity index (χ2n) is 5.27. The van der Waals surface area contributed by atoms with Crippen LogP contribution in [0.1, 0.15) is 52.7 Å². The quantitative estimate of drug-likeness (QED) is 0.735. The van der Waals surface area contributed by atoms with Crippen LogP contribution in [0.4, 0.5) is 0 Å². The molecule has 1 atom stereocenters. The van der Waals surface area contributed by atoms with E-state index in [0.29, 0.717) is 18.3 Å². The molecule has 0 aliphatic heterocycles. The summed E-state index contributed by atoms with van der Waals surface area (Å²) in [4.78, 5) is 0. The van der Waals surface area contributed by atoms with Crippen molar-refractivity contribution in [2.75, 3.05) is 0 Å². The molecular weight excluding hydrogens is 276 g/mol. The van der Waals surface area contributed by atoms with Gasteiger partial charge in [-0.3, -0.25) is 0 Å². The zero-order chi connectivity index (χ0) is 15.2. The predicted octanol–water partition coefficient (Wildman–Crippen LogP) is 2.63. The highest BCUT2D eigenvalue weighted by Crippen LogP contribution is 2.15. The molecule has 1 aromatic rings. The number of sulfonamides is 1. The molecule has 1 heterocycles. The summed E-state index contributed by atoms with van der Waals surface area (Å²) >= 11 is 0. The van der Waals surface area contributed by atoms with Crippen molar-refractivity contribution in [2.24, 2.45) is 0 Å². The van der Waals surface area contributed by atoms with Crippen molar-refractivity contribution in [3.05, 3.63) is 17.9 Å². The van der Waals surface area contributed by atoms with E-state index in [1.807, 2.05) is 27.7 Å². The molecule has 0 aliphatic rings. The third-order valence-corrected chi connectivity index (χ3v) is 4.43.